The molecule has 3 aromatic rings. The van der Waals surface area contributed by atoms with E-state index in [2.05, 4.69) is 27.1 Å². The number of benzene rings is 1. The number of allylic oxidation sites excluding steroid dienone is 1. The number of pyridine rings is 2. The summed E-state index contributed by atoms with van der Waals surface area (Å²) in [4.78, 5) is 51.1. The van der Waals surface area contributed by atoms with Crippen LogP contribution in [0.5, 0.6) is 0 Å². The summed E-state index contributed by atoms with van der Waals surface area (Å²) in [6, 6.07) is 15.5. The Morgan fingerprint density at radius 1 is 1.00 bits per heavy atom. The van der Waals surface area contributed by atoms with Crippen molar-refractivity contribution in [2.24, 2.45) is 0 Å². The molecule has 2 saturated heterocycles. The molecule has 40 heavy (non-hydrogen) atoms. The Balaban J connectivity index is 1.12. The normalized spacial score (nSPS) is 20.8. The number of hydrogen-bond donors (Lipinski definition) is 3. The Labute approximate surface area is 231 Å². The van der Waals surface area contributed by atoms with Crippen molar-refractivity contribution >= 4 is 29.4 Å². The average Bonchev–Trinajstić information content (AvgIpc) is 3.20. The Bertz CT molecular complexity index is 1500. The fourth-order valence-electron chi connectivity index (χ4n) is 5.64. The van der Waals surface area contributed by atoms with E-state index in [-0.39, 0.29) is 11.1 Å². The maximum atomic E-state index is 13.3. The minimum atomic E-state index is -1.13. The van der Waals surface area contributed by atoms with Crippen LogP contribution in [-0.4, -0.2) is 61.7 Å². The van der Waals surface area contributed by atoms with Crippen molar-refractivity contribution in [1.82, 2.24) is 25.1 Å². The van der Waals surface area contributed by atoms with Crippen LogP contribution in [0.15, 0.2) is 73.1 Å². The van der Waals surface area contributed by atoms with Gasteiger partial charge in [0.05, 0.1) is 22.4 Å². The molecule has 3 aliphatic heterocycles. The van der Waals surface area contributed by atoms with Crippen molar-refractivity contribution in [1.29, 1.82) is 0 Å². The van der Waals surface area contributed by atoms with Gasteiger partial charge in [-0.25, -0.2) is 9.97 Å². The number of hydrogen-bond acceptors (Lipinski definition) is 8. The molecule has 10 heteroatoms. The number of rotatable bonds is 6. The van der Waals surface area contributed by atoms with Gasteiger partial charge in [0.1, 0.15) is 17.7 Å². The van der Waals surface area contributed by atoms with Gasteiger partial charge in [-0.2, -0.15) is 0 Å². The SMILES string of the molecule is C=C1CCC(N2C(=O)c3ccc(C4(O)CCN(Cc5cccc(Nc6ccccn6)n5)CC4)cc3C2=O)C(=O)N1. The first-order valence-electron chi connectivity index (χ1n) is 13.4. The number of aliphatic hydroxyl groups is 1. The van der Waals surface area contributed by atoms with Crippen LogP contribution in [0.4, 0.5) is 11.6 Å². The van der Waals surface area contributed by atoms with E-state index in [0.717, 1.165) is 16.4 Å². The van der Waals surface area contributed by atoms with Gasteiger partial charge in [-0.3, -0.25) is 24.2 Å². The molecule has 0 spiro atoms. The molecular weight excluding hydrogens is 508 g/mol. The highest BCUT2D eigenvalue weighted by molar-refractivity contribution is 6.23. The van der Waals surface area contributed by atoms with E-state index >= 15 is 0 Å². The van der Waals surface area contributed by atoms with Crippen molar-refractivity contribution in [2.45, 2.75) is 43.9 Å². The lowest BCUT2D eigenvalue weighted by Gasteiger charge is -2.38. The summed E-state index contributed by atoms with van der Waals surface area (Å²) in [5.41, 5.74) is 1.46. The molecule has 0 radical (unpaired) electrons. The molecule has 3 N–H and O–H groups in total. The van der Waals surface area contributed by atoms with Gasteiger partial charge in [-0.15, -0.1) is 0 Å². The van der Waals surface area contributed by atoms with Crippen LogP contribution in [-0.2, 0) is 16.9 Å². The summed E-state index contributed by atoms with van der Waals surface area (Å²) in [7, 11) is 0. The lowest BCUT2D eigenvalue weighted by atomic mass is 9.83. The minimum absolute atomic E-state index is 0.233. The quantitative estimate of drug-likeness (QED) is 0.409. The van der Waals surface area contributed by atoms with E-state index in [4.69, 9.17) is 4.98 Å². The third-order valence-electron chi connectivity index (χ3n) is 7.89. The molecule has 0 saturated carbocycles. The van der Waals surface area contributed by atoms with E-state index in [9.17, 15) is 19.5 Å². The monoisotopic (exact) mass is 538 g/mol. The van der Waals surface area contributed by atoms with Gasteiger partial charge >= 0.3 is 0 Å². The standard InChI is InChI=1S/C30H30N6O4/c1-19-8-11-24(27(37)32-19)36-28(38)22-10-9-20(17-23(22)29(36)39)30(40)12-15-35(16-13-30)18-21-5-4-7-26(33-21)34-25-6-2-3-14-31-25/h2-7,9-10,14,17,24,40H,1,8,11-13,15-16,18H2,(H,32,37)(H,31,33,34). The van der Waals surface area contributed by atoms with E-state index in [1.54, 1.807) is 24.4 Å². The molecule has 0 aliphatic carbocycles. The number of fused-ring (bicyclic) bond motifs is 1. The molecule has 5 heterocycles. The smallest absolute Gasteiger partial charge is 0.262 e. The number of likely N-dealkylation sites (tertiary alicyclic amines) is 1. The van der Waals surface area contributed by atoms with E-state index in [1.165, 1.54) is 0 Å². The van der Waals surface area contributed by atoms with E-state index in [1.807, 2.05) is 36.4 Å². The fraction of sp³-hybridized carbons (Fsp3) is 0.300. The van der Waals surface area contributed by atoms with Crippen LogP contribution in [0.2, 0.25) is 0 Å². The molecular formula is C30H30N6O4. The molecule has 2 fully saturated rings. The van der Waals surface area contributed by atoms with Crippen LogP contribution < -0.4 is 10.6 Å². The highest BCUT2D eigenvalue weighted by Gasteiger charge is 2.45. The molecule has 1 atom stereocenters. The zero-order valence-electron chi connectivity index (χ0n) is 22.0. The first kappa shape index (κ1) is 25.8. The number of nitrogens with zero attached hydrogens (tertiary/aromatic N) is 4. The van der Waals surface area contributed by atoms with Crippen LogP contribution >= 0.6 is 0 Å². The zero-order valence-corrected chi connectivity index (χ0v) is 22.0. The van der Waals surface area contributed by atoms with Gasteiger partial charge < -0.3 is 15.7 Å². The summed E-state index contributed by atoms with van der Waals surface area (Å²) in [5.74, 6) is 0.0612. The number of aromatic nitrogens is 2. The molecule has 6 rings (SSSR count). The molecule has 1 aromatic carbocycles. The maximum Gasteiger partial charge on any atom is 0.262 e. The second-order valence-corrected chi connectivity index (χ2v) is 10.5. The average molecular weight is 539 g/mol. The van der Waals surface area contributed by atoms with Crippen LogP contribution in [0.3, 0.4) is 0 Å². The highest BCUT2D eigenvalue weighted by Crippen LogP contribution is 2.37. The van der Waals surface area contributed by atoms with Crippen molar-refractivity contribution in [3.8, 4) is 0 Å². The number of piperidine rings is 2. The van der Waals surface area contributed by atoms with Crippen LogP contribution in [0.25, 0.3) is 0 Å². The van der Waals surface area contributed by atoms with Gasteiger partial charge in [-0.05, 0) is 67.6 Å². The molecule has 1 unspecified atom stereocenters. The van der Waals surface area contributed by atoms with Gasteiger partial charge in [0.2, 0.25) is 5.91 Å². The second-order valence-electron chi connectivity index (χ2n) is 10.5. The molecule has 2 aromatic heterocycles. The van der Waals surface area contributed by atoms with Gasteiger partial charge in [0.15, 0.2) is 0 Å². The number of carbonyl (C=O) groups excluding carboxylic acids is 3. The number of amides is 3. The van der Waals surface area contributed by atoms with Crippen molar-refractivity contribution in [3.63, 3.8) is 0 Å². The third-order valence-corrected chi connectivity index (χ3v) is 7.89. The molecule has 204 valence electrons. The number of imide groups is 1. The van der Waals surface area contributed by atoms with Crippen molar-refractivity contribution in [3.05, 3.63) is 95.5 Å². The Kier molecular flexibility index (Phi) is 6.65. The third kappa shape index (κ3) is 4.87. The minimum Gasteiger partial charge on any atom is -0.385 e. The summed E-state index contributed by atoms with van der Waals surface area (Å²) in [6.45, 7) is 5.67. The lowest BCUT2D eigenvalue weighted by molar-refractivity contribution is -0.125. The maximum absolute atomic E-state index is 13.3. The molecule has 3 amide bonds. The Morgan fingerprint density at radius 3 is 2.52 bits per heavy atom. The zero-order chi connectivity index (χ0) is 27.9. The summed E-state index contributed by atoms with van der Waals surface area (Å²) in [5, 5.41) is 17.4. The van der Waals surface area contributed by atoms with Gasteiger partial charge in [0, 0.05) is 31.5 Å². The second kappa shape index (κ2) is 10.3. The first-order valence-corrected chi connectivity index (χ1v) is 13.4. The number of anilines is 2. The molecule has 10 nitrogen and oxygen atoms in total. The predicted molar refractivity (Wildman–Crippen MR) is 147 cm³/mol. The van der Waals surface area contributed by atoms with Crippen LogP contribution in [0.1, 0.15) is 57.7 Å². The fourth-order valence-corrected chi connectivity index (χ4v) is 5.64. The van der Waals surface area contributed by atoms with E-state index in [0.29, 0.717) is 62.4 Å². The molecule has 0 bridgehead atoms. The first-order chi connectivity index (χ1) is 19.3. The summed E-state index contributed by atoms with van der Waals surface area (Å²) in [6.07, 6.45) is 3.51. The summed E-state index contributed by atoms with van der Waals surface area (Å²) < 4.78 is 0. The van der Waals surface area contributed by atoms with Crippen molar-refractivity contribution < 1.29 is 19.5 Å². The topological polar surface area (TPSA) is 128 Å². The number of carbonyl (C=O) groups is 3. The largest absolute Gasteiger partial charge is 0.385 e. The van der Waals surface area contributed by atoms with Gasteiger partial charge in [-0.1, -0.05) is 24.8 Å². The Hall–Kier alpha value is -4.41. The van der Waals surface area contributed by atoms with Gasteiger partial charge in [0.25, 0.3) is 11.8 Å². The lowest BCUT2D eigenvalue weighted by Crippen LogP contribution is -2.51. The Morgan fingerprint density at radius 2 is 1.77 bits per heavy atom. The molecule has 3 aliphatic rings. The van der Waals surface area contributed by atoms with E-state index < -0.39 is 29.4 Å². The number of nitrogens with one attached hydrogen (secondary N) is 2. The predicted octanol–water partition coefficient (Wildman–Crippen LogP) is 3.09. The van der Waals surface area contributed by atoms with Crippen LogP contribution in [0, 0.1) is 0 Å². The highest BCUT2D eigenvalue weighted by atomic mass is 16.3. The van der Waals surface area contributed by atoms with Crippen molar-refractivity contribution in [2.75, 3.05) is 18.4 Å². The summed E-state index contributed by atoms with van der Waals surface area (Å²) >= 11 is 0.